The molecule has 0 aromatic heterocycles. The number of ketones is 3. The Bertz CT molecular complexity index is 558. The molecular formula is C20H32O5. The van der Waals surface area contributed by atoms with Gasteiger partial charge in [0.25, 0.3) is 0 Å². The molecule has 1 rings (SSSR count). The zero-order valence-electron chi connectivity index (χ0n) is 16.1. The van der Waals surface area contributed by atoms with Crippen molar-refractivity contribution < 1.29 is 24.6 Å². The zero-order valence-corrected chi connectivity index (χ0v) is 16.1. The molecule has 0 unspecified atom stereocenters. The molecule has 0 bridgehead atoms. The number of aliphatic hydroxyl groups is 2. The summed E-state index contributed by atoms with van der Waals surface area (Å²) in [5.41, 5.74) is -2.62. The number of aliphatic hydroxyl groups excluding tert-OH is 1. The highest BCUT2D eigenvalue weighted by Gasteiger charge is 2.58. The molecule has 0 aliphatic heterocycles. The van der Waals surface area contributed by atoms with Crippen LogP contribution in [0.5, 0.6) is 0 Å². The van der Waals surface area contributed by atoms with Crippen LogP contribution < -0.4 is 0 Å². The molecule has 0 spiro atoms. The third kappa shape index (κ3) is 4.57. The van der Waals surface area contributed by atoms with Gasteiger partial charge in [-0.1, -0.05) is 41.0 Å². The monoisotopic (exact) mass is 352 g/mol. The maximum Gasteiger partial charge on any atom is 0.190 e. The highest BCUT2D eigenvalue weighted by Crippen LogP contribution is 2.42. The molecular weight excluding hydrogens is 320 g/mol. The lowest BCUT2D eigenvalue weighted by molar-refractivity contribution is -0.145. The van der Waals surface area contributed by atoms with Crippen molar-refractivity contribution in [3.8, 4) is 0 Å². The van der Waals surface area contributed by atoms with E-state index in [2.05, 4.69) is 0 Å². The van der Waals surface area contributed by atoms with Crippen LogP contribution in [0.3, 0.4) is 0 Å². The quantitative estimate of drug-likeness (QED) is 0.587. The van der Waals surface area contributed by atoms with E-state index in [4.69, 9.17) is 0 Å². The van der Waals surface area contributed by atoms with E-state index in [-0.39, 0.29) is 36.7 Å². The van der Waals surface area contributed by atoms with Gasteiger partial charge in [-0.05, 0) is 31.1 Å². The molecule has 0 saturated heterocycles. The first-order valence-corrected chi connectivity index (χ1v) is 9.34. The third-order valence-electron chi connectivity index (χ3n) is 4.83. The van der Waals surface area contributed by atoms with Gasteiger partial charge in [0.1, 0.15) is 11.3 Å². The van der Waals surface area contributed by atoms with E-state index in [9.17, 15) is 24.6 Å². The molecule has 5 nitrogen and oxygen atoms in total. The van der Waals surface area contributed by atoms with Gasteiger partial charge in [-0.25, -0.2) is 0 Å². The Hall–Kier alpha value is -1.49. The molecule has 2 N–H and O–H groups in total. The lowest BCUT2D eigenvalue weighted by Gasteiger charge is -2.28. The van der Waals surface area contributed by atoms with Crippen LogP contribution in [-0.4, -0.2) is 33.2 Å². The van der Waals surface area contributed by atoms with Crippen LogP contribution in [0.15, 0.2) is 11.3 Å². The molecule has 0 fully saturated rings. The summed E-state index contributed by atoms with van der Waals surface area (Å²) in [7, 11) is 0. The van der Waals surface area contributed by atoms with Gasteiger partial charge < -0.3 is 10.2 Å². The summed E-state index contributed by atoms with van der Waals surface area (Å²) >= 11 is 0. The summed E-state index contributed by atoms with van der Waals surface area (Å²) in [4.78, 5) is 37.7. The first-order valence-electron chi connectivity index (χ1n) is 9.34. The van der Waals surface area contributed by atoms with E-state index in [1.165, 1.54) is 0 Å². The summed E-state index contributed by atoms with van der Waals surface area (Å²) in [6.45, 7) is 9.68. The Kier molecular flexibility index (Phi) is 7.54. The average molecular weight is 352 g/mol. The molecule has 0 aromatic rings. The molecule has 0 saturated carbocycles. The van der Waals surface area contributed by atoms with Gasteiger partial charge in [-0.2, -0.15) is 0 Å². The predicted octanol–water partition coefficient (Wildman–Crippen LogP) is 3.54. The highest BCUT2D eigenvalue weighted by molar-refractivity contribution is 6.25. The smallest absolute Gasteiger partial charge is 0.190 e. The van der Waals surface area contributed by atoms with Crippen molar-refractivity contribution in [3.05, 3.63) is 11.3 Å². The lowest BCUT2D eigenvalue weighted by Crippen LogP contribution is -2.47. The van der Waals surface area contributed by atoms with E-state index in [0.29, 0.717) is 19.3 Å². The first kappa shape index (κ1) is 21.6. The van der Waals surface area contributed by atoms with Gasteiger partial charge in [0.2, 0.25) is 0 Å². The van der Waals surface area contributed by atoms with Crippen molar-refractivity contribution in [2.24, 2.45) is 17.8 Å². The molecule has 2 atom stereocenters. The first-order chi connectivity index (χ1) is 11.6. The summed E-state index contributed by atoms with van der Waals surface area (Å²) in [5, 5.41) is 21.6. The molecule has 142 valence electrons. The molecule has 0 aromatic carbocycles. The number of allylic oxidation sites excluding steroid dienone is 1. The van der Waals surface area contributed by atoms with Crippen molar-refractivity contribution in [2.45, 2.75) is 78.7 Å². The number of Topliss-reactive ketones (excluding diaryl/α,β-unsaturated/α-hetero) is 3. The number of rotatable bonds is 10. The lowest BCUT2D eigenvalue weighted by atomic mass is 9.79. The maximum absolute atomic E-state index is 12.8. The van der Waals surface area contributed by atoms with E-state index in [0.717, 1.165) is 0 Å². The largest absolute Gasteiger partial charge is 0.508 e. The molecule has 5 heteroatoms. The maximum atomic E-state index is 12.8. The Morgan fingerprint density at radius 1 is 1.08 bits per heavy atom. The molecule has 1 aliphatic rings. The Balaban J connectivity index is 3.25. The van der Waals surface area contributed by atoms with Crippen LogP contribution in [0.25, 0.3) is 0 Å². The van der Waals surface area contributed by atoms with Gasteiger partial charge in [0, 0.05) is 12.8 Å². The number of hydrogen-bond donors (Lipinski definition) is 2. The third-order valence-corrected chi connectivity index (χ3v) is 4.83. The topological polar surface area (TPSA) is 91.7 Å². The van der Waals surface area contributed by atoms with Crippen LogP contribution in [0.4, 0.5) is 0 Å². The number of carbonyl (C=O) groups excluding carboxylic acids is 3. The fourth-order valence-electron chi connectivity index (χ4n) is 3.23. The molecule has 0 radical (unpaired) electrons. The van der Waals surface area contributed by atoms with Crippen molar-refractivity contribution in [1.82, 2.24) is 0 Å². The standard InChI is InChI=1S/C20H32O5/c1-6-7-15(21)17-18(23)14(10-8-12(2)3)20(25,19(17)24)16(22)11-9-13(4)5/h12-14,24-25H,6-11H2,1-5H3/t14-,20-/m0/s1. The highest BCUT2D eigenvalue weighted by atomic mass is 16.3. The fraction of sp³-hybridized carbons (Fsp3) is 0.750. The van der Waals surface area contributed by atoms with Gasteiger partial charge in [-0.3, -0.25) is 14.4 Å². The minimum atomic E-state index is -2.25. The van der Waals surface area contributed by atoms with Gasteiger partial charge in [0.05, 0.1) is 5.92 Å². The van der Waals surface area contributed by atoms with E-state index >= 15 is 0 Å². The van der Waals surface area contributed by atoms with Crippen LogP contribution in [0, 0.1) is 17.8 Å². The second-order valence-electron chi connectivity index (χ2n) is 7.91. The van der Waals surface area contributed by atoms with Gasteiger partial charge in [0.15, 0.2) is 23.0 Å². The fourth-order valence-corrected chi connectivity index (χ4v) is 3.23. The minimum absolute atomic E-state index is 0.0684. The summed E-state index contributed by atoms with van der Waals surface area (Å²) in [5.74, 6) is -2.90. The van der Waals surface area contributed by atoms with E-state index in [1.54, 1.807) is 6.92 Å². The molecule has 0 amide bonds. The second kappa shape index (κ2) is 8.75. The van der Waals surface area contributed by atoms with Crippen LogP contribution >= 0.6 is 0 Å². The molecule has 25 heavy (non-hydrogen) atoms. The molecule has 1 aliphatic carbocycles. The van der Waals surface area contributed by atoms with E-state index in [1.807, 2.05) is 27.7 Å². The van der Waals surface area contributed by atoms with Crippen LogP contribution in [-0.2, 0) is 14.4 Å². The summed E-state index contributed by atoms with van der Waals surface area (Å²) in [6, 6.07) is 0. The average Bonchev–Trinajstić information content (AvgIpc) is 2.70. The molecule has 0 heterocycles. The van der Waals surface area contributed by atoms with Crippen molar-refractivity contribution >= 4 is 17.3 Å². The Morgan fingerprint density at radius 2 is 1.64 bits per heavy atom. The zero-order chi connectivity index (χ0) is 19.4. The van der Waals surface area contributed by atoms with Crippen molar-refractivity contribution in [1.29, 1.82) is 0 Å². The normalized spacial score (nSPS) is 23.8. The van der Waals surface area contributed by atoms with E-state index < -0.39 is 34.6 Å². The van der Waals surface area contributed by atoms with Crippen LogP contribution in [0.2, 0.25) is 0 Å². The van der Waals surface area contributed by atoms with Crippen LogP contribution in [0.1, 0.15) is 73.1 Å². The van der Waals surface area contributed by atoms with Crippen molar-refractivity contribution in [2.75, 3.05) is 0 Å². The van der Waals surface area contributed by atoms with Gasteiger partial charge in [-0.15, -0.1) is 0 Å². The second-order valence-corrected chi connectivity index (χ2v) is 7.91. The Labute approximate surface area is 150 Å². The minimum Gasteiger partial charge on any atom is -0.508 e. The predicted molar refractivity (Wildman–Crippen MR) is 96.2 cm³/mol. The Morgan fingerprint density at radius 3 is 2.12 bits per heavy atom. The number of hydrogen-bond acceptors (Lipinski definition) is 5. The summed E-state index contributed by atoms with van der Waals surface area (Å²) in [6.07, 6.45) is 2.15. The SMILES string of the molecule is CCCC(=O)C1=C(O)[C@@](O)(C(=O)CCC(C)C)[C@@H](CCC(C)C)C1=O. The summed E-state index contributed by atoms with van der Waals surface area (Å²) < 4.78 is 0. The number of carbonyl (C=O) groups is 3. The van der Waals surface area contributed by atoms with Gasteiger partial charge >= 0.3 is 0 Å². The van der Waals surface area contributed by atoms with Crippen molar-refractivity contribution in [3.63, 3.8) is 0 Å².